The van der Waals surface area contributed by atoms with E-state index in [1.807, 2.05) is 0 Å². The predicted octanol–water partition coefficient (Wildman–Crippen LogP) is 11.6. The number of hydrogen-bond donors (Lipinski definition) is 1. The summed E-state index contributed by atoms with van der Waals surface area (Å²) in [5, 5.41) is 6.12. The number of aromatic nitrogens is 1. The van der Waals surface area contributed by atoms with Crippen molar-refractivity contribution in [2.24, 2.45) is 10.4 Å². The number of rotatable bonds is 0. The van der Waals surface area contributed by atoms with Gasteiger partial charge in [-0.05, 0) is 121 Å². The van der Waals surface area contributed by atoms with Crippen molar-refractivity contribution < 1.29 is 0 Å². The number of nitrogens with one attached hydrogen (secondary N) is 1. The molecule has 7 rings (SSSR count). The predicted molar refractivity (Wildman–Crippen MR) is 218 cm³/mol. The first kappa shape index (κ1) is 35.2. The number of hydrogen-bond acceptors (Lipinski definition) is 3. The molecule has 0 amide bonds. The van der Waals surface area contributed by atoms with E-state index >= 15 is 0 Å². The van der Waals surface area contributed by atoms with Gasteiger partial charge in [-0.2, -0.15) is 0 Å². The van der Waals surface area contributed by atoms with E-state index in [1.54, 1.807) is 0 Å². The highest BCUT2D eigenvalue weighted by Crippen LogP contribution is 2.47. The van der Waals surface area contributed by atoms with Gasteiger partial charge in [-0.1, -0.05) is 110 Å². The molecule has 4 aromatic rings. The van der Waals surface area contributed by atoms with Gasteiger partial charge in [0.2, 0.25) is 0 Å². The molecule has 0 radical (unpaired) electrons. The van der Waals surface area contributed by atoms with Crippen LogP contribution in [0.15, 0.2) is 77.3 Å². The summed E-state index contributed by atoms with van der Waals surface area (Å²) in [6.07, 6.45) is 4.67. The van der Waals surface area contributed by atoms with Gasteiger partial charge >= 0.3 is 0 Å². The van der Waals surface area contributed by atoms with Gasteiger partial charge in [0, 0.05) is 33.2 Å². The molecule has 264 valence electrons. The fourth-order valence-electron chi connectivity index (χ4n) is 7.22. The van der Waals surface area contributed by atoms with Gasteiger partial charge in [0.05, 0.1) is 28.1 Å². The first-order valence-electron chi connectivity index (χ1n) is 18.7. The van der Waals surface area contributed by atoms with Crippen molar-refractivity contribution in [3.8, 4) is 33.5 Å². The van der Waals surface area contributed by atoms with Crippen LogP contribution < -0.4 is 15.9 Å². The second kappa shape index (κ2) is 11.1. The molecule has 1 N–H and O–H groups in total. The second-order valence-corrected chi connectivity index (χ2v) is 20.3. The van der Waals surface area contributed by atoms with Crippen LogP contribution in [0.2, 0.25) is 0 Å². The number of allylic oxidation sites excluding steroid dienone is 2. The van der Waals surface area contributed by atoms with E-state index in [4.69, 9.17) is 9.98 Å². The Balaban J connectivity index is 1.74. The van der Waals surface area contributed by atoms with Crippen LogP contribution in [-0.2, 0) is 21.7 Å². The fraction of sp³-hybridized carbons (Fsp3) is 0.417. The Labute approximate surface area is 306 Å². The molecular weight excluding hydrogens is 619 g/mol. The molecular formula is C48H57N3. The number of benzene rings is 3. The van der Waals surface area contributed by atoms with Crippen molar-refractivity contribution >= 4 is 17.1 Å². The molecule has 3 aliphatic rings. The molecule has 3 nitrogen and oxygen atoms in total. The maximum Gasteiger partial charge on any atom is 0.0875 e. The first-order chi connectivity index (χ1) is 23.4. The van der Waals surface area contributed by atoms with Gasteiger partial charge in [0.25, 0.3) is 0 Å². The SMILES string of the molecule is CC(C)(C)C1=CC2=c3cc(C(C)(C)C)cc4c3=Nc3c(cc(C(C)(C)C)cc3-4)-c3cc(cc(C(C)(C)C)c3)-c3cc(C(C)(C)C)cc(n3)C(=C1)N2. The van der Waals surface area contributed by atoms with Crippen molar-refractivity contribution in [1.82, 2.24) is 10.3 Å². The molecule has 0 unspecified atom stereocenters. The van der Waals surface area contributed by atoms with Gasteiger partial charge < -0.3 is 5.32 Å². The van der Waals surface area contributed by atoms with Crippen LogP contribution in [0, 0.1) is 5.41 Å². The van der Waals surface area contributed by atoms with E-state index < -0.39 is 0 Å². The van der Waals surface area contributed by atoms with Gasteiger partial charge in [-0.3, -0.25) is 0 Å². The highest BCUT2D eigenvalue weighted by molar-refractivity contribution is 5.93. The Morgan fingerprint density at radius 3 is 1.57 bits per heavy atom. The largest absolute Gasteiger partial charge is 0.353 e. The smallest absolute Gasteiger partial charge is 0.0875 e. The van der Waals surface area contributed by atoms with Gasteiger partial charge in [-0.25, -0.2) is 9.98 Å². The van der Waals surface area contributed by atoms with E-state index in [-0.39, 0.29) is 27.1 Å². The average Bonchev–Trinajstić information content (AvgIpc) is 3.39. The van der Waals surface area contributed by atoms with Crippen LogP contribution in [0.4, 0.5) is 5.69 Å². The molecule has 0 spiro atoms. The number of pyridine rings is 1. The minimum atomic E-state index is -0.0792. The molecule has 0 atom stereocenters. The highest BCUT2D eigenvalue weighted by atomic mass is 14.9. The molecule has 0 saturated carbocycles. The lowest BCUT2D eigenvalue weighted by atomic mass is 9.80. The molecule has 51 heavy (non-hydrogen) atoms. The van der Waals surface area contributed by atoms with E-state index in [9.17, 15) is 0 Å². The quantitative estimate of drug-likeness (QED) is 0.177. The summed E-state index contributed by atoms with van der Waals surface area (Å²) in [6.45, 7) is 34.6. The molecule has 8 bridgehead atoms. The normalized spacial score (nSPS) is 15.5. The minimum absolute atomic E-state index is 0.0500. The monoisotopic (exact) mass is 675 g/mol. The Hall–Kier alpha value is -4.24. The van der Waals surface area contributed by atoms with E-state index in [2.05, 4.69) is 176 Å². The molecule has 4 heterocycles. The zero-order valence-corrected chi connectivity index (χ0v) is 33.7. The number of nitrogens with zero attached hydrogens (tertiary/aromatic N) is 2. The maximum absolute atomic E-state index is 5.64. The van der Waals surface area contributed by atoms with Gasteiger partial charge in [0.15, 0.2) is 0 Å². The Morgan fingerprint density at radius 1 is 0.451 bits per heavy atom. The standard InChI is InChI=1S/C48H57N3/c1-44(2,3)29-17-27-16-28(18-29)38-23-32(47(10,11)12)25-40(49-38)41-26-33(48(13,14)15)24-39(50-41)37-22-31(46(7,8)9)21-36-35-20-30(45(4,5)6)19-34(27)42(35)51-43(36)37/h16-26,50H,1-15H3. The molecule has 3 heteroatoms. The van der Waals surface area contributed by atoms with Crippen LogP contribution in [0.5, 0.6) is 0 Å². The van der Waals surface area contributed by atoms with Gasteiger partial charge in [-0.15, -0.1) is 0 Å². The van der Waals surface area contributed by atoms with E-state index in [0.717, 1.165) is 44.6 Å². The lowest BCUT2D eigenvalue weighted by molar-refractivity contribution is 0.516. The lowest BCUT2D eigenvalue weighted by Gasteiger charge is -2.28. The topological polar surface area (TPSA) is 37.3 Å². The summed E-state index contributed by atoms with van der Waals surface area (Å²) < 4.78 is 0. The summed E-state index contributed by atoms with van der Waals surface area (Å²) >= 11 is 0. The number of fused-ring (bicyclic) bond motifs is 10. The van der Waals surface area contributed by atoms with Crippen LogP contribution in [0.25, 0.3) is 44.9 Å². The van der Waals surface area contributed by atoms with Crippen LogP contribution in [0.1, 0.15) is 132 Å². The average molecular weight is 676 g/mol. The molecule has 3 aliphatic heterocycles. The van der Waals surface area contributed by atoms with E-state index in [0.29, 0.717) is 0 Å². The van der Waals surface area contributed by atoms with Crippen LogP contribution in [-0.4, -0.2) is 4.98 Å². The summed E-state index contributed by atoms with van der Waals surface area (Å²) in [6, 6.07) is 21.4. The maximum atomic E-state index is 5.64. The summed E-state index contributed by atoms with van der Waals surface area (Å²) in [5.41, 5.74) is 17.2. The molecule has 0 aliphatic carbocycles. The third-order valence-electron chi connectivity index (χ3n) is 10.9. The fourth-order valence-corrected chi connectivity index (χ4v) is 7.22. The number of dihydropyridines is 1. The van der Waals surface area contributed by atoms with Gasteiger partial charge in [0.1, 0.15) is 0 Å². The third-order valence-corrected chi connectivity index (χ3v) is 10.9. The van der Waals surface area contributed by atoms with Crippen LogP contribution in [0.3, 0.4) is 0 Å². The Morgan fingerprint density at radius 2 is 0.961 bits per heavy atom. The van der Waals surface area contributed by atoms with Crippen molar-refractivity contribution in [1.29, 1.82) is 0 Å². The zero-order chi connectivity index (χ0) is 37.2. The van der Waals surface area contributed by atoms with Crippen molar-refractivity contribution in [2.45, 2.75) is 126 Å². The molecule has 1 aromatic heterocycles. The van der Waals surface area contributed by atoms with Crippen molar-refractivity contribution in [3.05, 3.63) is 111 Å². The lowest BCUT2D eigenvalue weighted by Crippen LogP contribution is -2.35. The van der Waals surface area contributed by atoms with Crippen molar-refractivity contribution in [3.63, 3.8) is 0 Å². The molecule has 0 saturated heterocycles. The third kappa shape index (κ3) is 6.32. The molecule has 3 aromatic carbocycles. The van der Waals surface area contributed by atoms with E-state index in [1.165, 1.54) is 50.1 Å². The Kier molecular flexibility index (Phi) is 7.68. The summed E-state index contributed by atoms with van der Waals surface area (Å²) in [7, 11) is 0. The van der Waals surface area contributed by atoms with Crippen LogP contribution >= 0.6 is 0 Å². The minimum Gasteiger partial charge on any atom is -0.353 e. The Bertz CT molecular complexity index is 2330. The molecule has 0 fully saturated rings. The first-order valence-corrected chi connectivity index (χ1v) is 18.7. The highest BCUT2D eigenvalue weighted by Gasteiger charge is 2.30. The van der Waals surface area contributed by atoms with Crippen molar-refractivity contribution in [2.75, 3.05) is 0 Å². The summed E-state index contributed by atoms with van der Waals surface area (Å²) in [4.78, 5) is 11.2. The second-order valence-electron chi connectivity index (χ2n) is 20.3. The zero-order valence-electron chi connectivity index (χ0n) is 33.7. The summed E-state index contributed by atoms with van der Waals surface area (Å²) in [5.74, 6) is 0.